The van der Waals surface area contributed by atoms with Crippen LogP contribution in [0.15, 0.2) is 18.5 Å². The molecule has 1 N–H and O–H groups in total. The first-order valence-electron chi connectivity index (χ1n) is 7.35. The molecule has 6 nitrogen and oxygen atoms in total. The van der Waals surface area contributed by atoms with Crippen molar-refractivity contribution in [1.82, 2.24) is 19.7 Å². The first-order chi connectivity index (χ1) is 10.2. The quantitative estimate of drug-likeness (QED) is 0.849. The van der Waals surface area contributed by atoms with Crippen molar-refractivity contribution in [2.24, 2.45) is 7.05 Å². The first-order valence-corrected chi connectivity index (χ1v) is 7.35. The minimum atomic E-state index is -0.0660. The van der Waals surface area contributed by atoms with Crippen molar-refractivity contribution < 1.29 is 4.74 Å². The van der Waals surface area contributed by atoms with Crippen molar-refractivity contribution in [2.45, 2.75) is 32.8 Å². The second kappa shape index (κ2) is 7.17. The van der Waals surface area contributed by atoms with Gasteiger partial charge in [0.1, 0.15) is 11.9 Å². The van der Waals surface area contributed by atoms with Crippen LogP contribution in [0.25, 0.3) is 11.3 Å². The molecule has 21 heavy (non-hydrogen) atoms. The summed E-state index contributed by atoms with van der Waals surface area (Å²) in [6, 6.07) is 1.93. The van der Waals surface area contributed by atoms with Crippen LogP contribution < -0.4 is 5.32 Å². The Hall–Kier alpha value is -1.95. The Morgan fingerprint density at radius 2 is 2.14 bits per heavy atom. The summed E-state index contributed by atoms with van der Waals surface area (Å²) in [6.07, 6.45) is 5.62. The lowest BCUT2D eigenvalue weighted by Gasteiger charge is -2.16. The van der Waals surface area contributed by atoms with Gasteiger partial charge in [-0.05, 0) is 13.3 Å². The molecule has 0 radical (unpaired) electrons. The summed E-state index contributed by atoms with van der Waals surface area (Å²) in [5.41, 5.74) is 1.84. The second-order valence-electron chi connectivity index (χ2n) is 4.88. The van der Waals surface area contributed by atoms with Crippen LogP contribution >= 0.6 is 0 Å². The van der Waals surface area contributed by atoms with Gasteiger partial charge in [0.25, 0.3) is 0 Å². The lowest BCUT2D eigenvalue weighted by atomic mass is 10.1. The topological polar surface area (TPSA) is 64.9 Å². The van der Waals surface area contributed by atoms with Gasteiger partial charge in [-0.2, -0.15) is 5.10 Å². The van der Waals surface area contributed by atoms with Crippen LogP contribution in [0, 0.1) is 0 Å². The van der Waals surface area contributed by atoms with Gasteiger partial charge in [0.2, 0.25) is 0 Å². The predicted molar refractivity (Wildman–Crippen MR) is 83.1 cm³/mol. The smallest absolute Gasteiger partial charge is 0.160 e. The zero-order valence-electron chi connectivity index (χ0n) is 13.1. The molecule has 2 aromatic heterocycles. The largest absolute Gasteiger partial charge is 0.373 e. The average Bonchev–Trinajstić information content (AvgIpc) is 2.93. The van der Waals surface area contributed by atoms with Gasteiger partial charge in [0.05, 0.1) is 11.9 Å². The number of aryl methyl sites for hydroxylation is 1. The maximum absolute atomic E-state index is 5.79. The van der Waals surface area contributed by atoms with E-state index in [9.17, 15) is 0 Å². The van der Waals surface area contributed by atoms with Gasteiger partial charge in [0, 0.05) is 38.5 Å². The molecule has 1 atom stereocenters. The molecule has 114 valence electrons. The van der Waals surface area contributed by atoms with Crippen molar-refractivity contribution in [2.75, 3.05) is 19.0 Å². The minimum Gasteiger partial charge on any atom is -0.373 e. The number of nitrogens with one attached hydrogen (secondary N) is 1. The number of hydrogen-bond donors (Lipinski definition) is 1. The van der Waals surface area contributed by atoms with Gasteiger partial charge in [-0.3, -0.25) is 4.68 Å². The van der Waals surface area contributed by atoms with E-state index in [-0.39, 0.29) is 6.10 Å². The molecule has 2 rings (SSSR count). The molecule has 6 heteroatoms. The molecule has 0 aliphatic heterocycles. The number of nitrogens with zero attached hydrogens (tertiary/aromatic N) is 4. The summed E-state index contributed by atoms with van der Waals surface area (Å²) in [5, 5.41) is 7.29. The Balaban J connectivity index is 2.41. The first kappa shape index (κ1) is 15.4. The maximum atomic E-state index is 5.79. The van der Waals surface area contributed by atoms with E-state index in [2.05, 4.69) is 27.3 Å². The zero-order valence-corrected chi connectivity index (χ0v) is 13.1. The highest BCUT2D eigenvalue weighted by Crippen LogP contribution is 2.25. The van der Waals surface area contributed by atoms with Gasteiger partial charge in [-0.15, -0.1) is 0 Å². The van der Waals surface area contributed by atoms with Crippen LogP contribution in [0.1, 0.15) is 38.6 Å². The standard InChI is InChI=1S/C15H23N5O/c1-5-7-13(21-6-2)15-18-12(8-14(16-3)19-15)11-9-17-20(4)10-11/h8-10,13H,5-7H2,1-4H3,(H,16,18,19). The van der Waals surface area contributed by atoms with E-state index in [1.165, 1.54) is 0 Å². The summed E-state index contributed by atoms with van der Waals surface area (Å²) in [4.78, 5) is 9.22. The van der Waals surface area contributed by atoms with Crippen LogP contribution in [0.5, 0.6) is 0 Å². The van der Waals surface area contributed by atoms with E-state index < -0.39 is 0 Å². The highest BCUT2D eigenvalue weighted by atomic mass is 16.5. The molecular formula is C15H23N5O. The van der Waals surface area contributed by atoms with Crippen molar-refractivity contribution >= 4 is 5.82 Å². The second-order valence-corrected chi connectivity index (χ2v) is 4.88. The average molecular weight is 289 g/mol. The van der Waals surface area contributed by atoms with E-state index >= 15 is 0 Å². The van der Waals surface area contributed by atoms with Crippen LogP contribution in [0.3, 0.4) is 0 Å². The van der Waals surface area contributed by atoms with Crippen LogP contribution in [-0.4, -0.2) is 33.4 Å². The Bertz CT molecular complexity index is 575. The Morgan fingerprint density at radius 3 is 2.71 bits per heavy atom. The molecular weight excluding hydrogens is 266 g/mol. The number of hydrogen-bond acceptors (Lipinski definition) is 5. The SMILES string of the molecule is CCCC(OCC)c1nc(NC)cc(-c2cnn(C)c2)n1. The van der Waals surface area contributed by atoms with Crippen molar-refractivity contribution in [3.8, 4) is 11.3 Å². The molecule has 2 aromatic rings. The molecule has 0 saturated heterocycles. The molecule has 1 unspecified atom stereocenters. The third-order valence-corrected chi connectivity index (χ3v) is 3.21. The van der Waals surface area contributed by atoms with Crippen molar-refractivity contribution in [1.29, 1.82) is 0 Å². The lowest BCUT2D eigenvalue weighted by molar-refractivity contribution is 0.0495. The third kappa shape index (κ3) is 3.78. The van der Waals surface area contributed by atoms with Crippen molar-refractivity contribution in [3.63, 3.8) is 0 Å². The molecule has 2 heterocycles. The highest BCUT2D eigenvalue weighted by Gasteiger charge is 2.17. The summed E-state index contributed by atoms with van der Waals surface area (Å²) >= 11 is 0. The highest BCUT2D eigenvalue weighted by molar-refractivity contribution is 5.60. The Labute approximate surface area is 125 Å². The van der Waals surface area contributed by atoms with Crippen LogP contribution in [0.4, 0.5) is 5.82 Å². The molecule has 0 aliphatic carbocycles. The Kier molecular flexibility index (Phi) is 5.27. The molecule has 0 fully saturated rings. The maximum Gasteiger partial charge on any atom is 0.160 e. The van der Waals surface area contributed by atoms with Gasteiger partial charge >= 0.3 is 0 Å². The molecule has 0 saturated carbocycles. The normalized spacial score (nSPS) is 12.4. The van der Waals surface area contributed by atoms with Crippen LogP contribution in [-0.2, 0) is 11.8 Å². The van der Waals surface area contributed by atoms with E-state index in [1.807, 2.05) is 33.3 Å². The summed E-state index contributed by atoms with van der Waals surface area (Å²) < 4.78 is 7.56. The fourth-order valence-electron chi connectivity index (χ4n) is 2.19. The molecule has 0 spiro atoms. The number of ether oxygens (including phenoxy) is 1. The van der Waals surface area contributed by atoms with Crippen molar-refractivity contribution in [3.05, 3.63) is 24.3 Å². The van der Waals surface area contributed by atoms with Gasteiger partial charge in [-0.25, -0.2) is 9.97 Å². The van der Waals surface area contributed by atoms with Gasteiger partial charge < -0.3 is 10.1 Å². The molecule has 0 bridgehead atoms. The Morgan fingerprint density at radius 1 is 1.33 bits per heavy atom. The van der Waals surface area contributed by atoms with Gasteiger partial charge in [0.15, 0.2) is 5.82 Å². The van der Waals surface area contributed by atoms with Gasteiger partial charge in [-0.1, -0.05) is 13.3 Å². The fraction of sp³-hybridized carbons (Fsp3) is 0.533. The molecule has 0 amide bonds. The molecule has 0 aromatic carbocycles. The van der Waals surface area contributed by atoms with E-state index in [1.54, 1.807) is 10.9 Å². The monoisotopic (exact) mass is 289 g/mol. The third-order valence-electron chi connectivity index (χ3n) is 3.21. The van der Waals surface area contributed by atoms with E-state index in [4.69, 9.17) is 4.74 Å². The summed E-state index contributed by atoms with van der Waals surface area (Å²) in [7, 11) is 3.75. The summed E-state index contributed by atoms with van der Waals surface area (Å²) in [6.45, 7) is 4.78. The van der Waals surface area contributed by atoms with Crippen LogP contribution in [0.2, 0.25) is 0 Å². The molecule has 0 aliphatic rings. The number of rotatable bonds is 7. The fourth-order valence-corrected chi connectivity index (χ4v) is 2.19. The predicted octanol–water partition coefficient (Wildman–Crippen LogP) is 2.80. The van der Waals surface area contributed by atoms with E-state index in [0.29, 0.717) is 6.61 Å². The number of aromatic nitrogens is 4. The lowest BCUT2D eigenvalue weighted by Crippen LogP contribution is -2.10. The minimum absolute atomic E-state index is 0.0660. The number of anilines is 1. The zero-order chi connectivity index (χ0) is 15.2. The summed E-state index contributed by atoms with van der Waals surface area (Å²) in [5.74, 6) is 1.52. The van der Waals surface area contributed by atoms with E-state index in [0.717, 1.165) is 35.7 Å².